The summed E-state index contributed by atoms with van der Waals surface area (Å²) >= 11 is 0. The molecule has 3 aromatic rings. The number of hydrogen-bond donors (Lipinski definition) is 2. The van der Waals surface area contributed by atoms with Crippen molar-refractivity contribution in [2.24, 2.45) is 5.73 Å². The first kappa shape index (κ1) is 13.5. The molecule has 0 spiro atoms. The second kappa shape index (κ2) is 5.89. The lowest BCUT2D eigenvalue weighted by Crippen LogP contribution is -1.95. The minimum absolute atomic E-state index is 0.486. The Morgan fingerprint density at radius 3 is 2.71 bits per heavy atom. The quantitative estimate of drug-likeness (QED) is 0.755. The molecule has 0 unspecified atom stereocenters. The van der Waals surface area contributed by atoms with Crippen LogP contribution in [0.5, 0.6) is 11.5 Å². The van der Waals surface area contributed by atoms with E-state index < -0.39 is 0 Å². The lowest BCUT2D eigenvalue weighted by Gasteiger charge is -2.06. The Kier molecular flexibility index (Phi) is 3.79. The number of fused-ring (bicyclic) bond motifs is 1. The minimum Gasteiger partial charge on any atom is -0.497 e. The van der Waals surface area contributed by atoms with Gasteiger partial charge >= 0.3 is 0 Å². The smallest absolute Gasteiger partial charge is 0.128 e. The summed E-state index contributed by atoms with van der Waals surface area (Å²) in [5.74, 6) is 1.58. The maximum atomic E-state index is 5.78. The fourth-order valence-corrected chi connectivity index (χ4v) is 2.30. The Hall–Kier alpha value is -2.46. The van der Waals surface area contributed by atoms with E-state index >= 15 is 0 Å². The first-order valence-corrected chi connectivity index (χ1v) is 6.86. The van der Waals surface area contributed by atoms with E-state index in [1.54, 1.807) is 7.11 Å². The lowest BCUT2D eigenvalue weighted by molar-refractivity contribution is 0.300. The molecule has 0 aliphatic heterocycles. The van der Waals surface area contributed by atoms with Gasteiger partial charge in [-0.1, -0.05) is 12.1 Å². The largest absolute Gasteiger partial charge is 0.497 e. The van der Waals surface area contributed by atoms with Gasteiger partial charge in [0.1, 0.15) is 18.1 Å². The van der Waals surface area contributed by atoms with E-state index in [4.69, 9.17) is 15.2 Å². The van der Waals surface area contributed by atoms with Crippen molar-refractivity contribution in [3.8, 4) is 11.5 Å². The van der Waals surface area contributed by atoms with Gasteiger partial charge in [0.05, 0.1) is 12.8 Å². The second-order valence-electron chi connectivity index (χ2n) is 4.89. The third-order valence-corrected chi connectivity index (χ3v) is 3.41. The molecule has 108 valence electrons. The normalized spacial score (nSPS) is 10.8. The molecule has 3 rings (SSSR count). The van der Waals surface area contributed by atoms with E-state index in [-0.39, 0.29) is 0 Å². The van der Waals surface area contributed by atoms with E-state index in [9.17, 15) is 0 Å². The highest BCUT2D eigenvalue weighted by atomic mass is 16.5. The molecule has 4 heteroatoms. The van der Waals surface area contributed by atoms with Crippen LogP contribution in [0, 0.1) is 0 Å². The predicted molar refractivity (Wildman–Crippen MR) is 83.5 cm³/mol. The number of benzene rings is 2. The zero-order valence-corrected chi connectivity index (χ0v) is 11.9. The third-order valence-electron chi connectivity index (χ3n) is 3.41. The zero-order valence-electron chi connectivity index (χ0n) is 11.9. The minimum atomic E-state index is 0.486. The van der Waals surface area contributed by atoms with Gasteiger partial charge in [-0.25, -0.2) is 0 Å². The number of methoxy groups -OCH3 is 1. The van der Waals surface area contributed by atoms with Crippen LogP contribution in [0.3, 0.4) is 0 Å². The van der Waals surface area contributed by atoms with Crippen molar-refractivity contribution in [1.82, 2.24) is 4.98 Å². The fraction of sp³-hybridized carbons (Fsp3) is 0.176. The molecular formula is C17H18N2O2. The molecule has 0 aliphatic carbocycles. The van der Waals surface area contributed by atoms with Gasteiger partial charge in [-0.2, -0.15) is 0 Å². The van der Waals surface area contributed by atoms with Crippen LogP contribution < -0.4 is 15.2 Å². The van der Waals surface area contributed by atoms with Crippen LogP contribution in [-0.2, 0) is 13.2 Å². The molecule has 0 atom stereocenters. The highest BCUT2D eigenvalue weighted by Crippen LogP contribution is 2.21. The zero-order chi connectivity index (χ0) is 14.7. The summed E-state index contributed by atoms with van der Waals surface area (Å²) in [5, 5.41) is 1.15. The van der Waals surface area contributed by atoms with Gasteiger partial charge in [0.25, 0.3) is 0 Å². The summed E-state index contributed by atoms with van der Waals surface area (Å²) in [4.78, 5) is 3.35. The summed E-state index contributed by atoms with van der Waals surface area (Å²) in [6, 6.07) is 15.9. The van der Waals surface area contributed by atoms with Crippen LogP contribution >= 0.6 is 0 Å². The fourth-order valence-electron chi connectivity index (χ4n) is 2.30. The predicted octanol–water partition coefficient (Wildman–Crippen LogP) is 3.21. The topological polar surface area (TPSA) is 60.3 Å². The Bertz CT molecular complexity index is 749. The van der Waals surface area contributed by atoms with Crippen molar-refractivity contribution in [3.63, 3.8) is 0 Å². The second-order valence-corrected chi connectivity index (χ2v) is 4.89. The Morgan fingerprint density at radius 2 is 1.90 bits per heavy atom. The highest BCUT2D eigenvalue weighted by molar-refractivity contribution is 5.81. The van der Waals surface area contributed by atoms with E-state index in [1.165, 1.54) is 0 Å². The third kappa shape index (κ3) is 3.01. The molecule has 3 N–H and O–H groups in total. The first-order valence-electron chi connectivity index (χ1n) is 6.86. The molecule has 2 aromatic carbocycles. The standard InChI is InChI=1S/C17H18N2O2/c1-20-15-3-2-4-16(9-15)21-11-14-8-13-7-12(10-18)5-6-17(13)19-14/h2-9,19H,10-11,18H2,1H3. The first-order chi connectivity index (χ1) is 10.3. The van der Waals surface area contributed by atoms with Crippen LogP contribution in [-0.4, -0.2) is 12.1 Å². The van der Waals surface area contributed by atoms with Gasteiger partial charge in [0.2, 0.25) is 0 Å². The van der Waals surface area contributed by atoms with E-state index in [0.717, 1.165) is 33.7 Å². The van der Waals surface area contributed by atoms with Crippen molar-refractivity contribution in [2.75, 3.05) is 7.11 Å². The molecule has 1 heterocycles. The summed E-state index contributed by atoms with van der Waals surface area (Å²) in [7, 11) is 1.64. The van der Waals surface area contributed by atoms with Gasteiger partial charge in [0, 0.05) is 23.5 Å². The number of H-pyrrole nitrogens is 1. The van der Waals surface area contributed by atoms with E-state index in [2.05, 4.69) is 17.1 Å². The SMILES string of the molecule is COc1cccc(OCc2cc3cc(CN)ccc3[nH]2)c1. The van der Waals surface area contributed by atoms with Crippen LogP contribution in [0.1, 0.15) is 11.3 Å². The van der Waals surface area contributed by atoms with Crippen molar-refractivity contribution in [1.29, 1.82) is 0 Å². The van der Waals surface area contributed by atoms with E-state index in [0.29, 0.717) is 13.2 Å². The molecule has 0 radical (unpaired) electrons. The summed E-state index contributed by atoms with van der Waals surface area (Å²) < 4.78 is 11.0. The van der Waals surface area contributed by atoms with Crippen molar-refractivity contribution >= 4 is 10.9 Å². The van der Waals surface area contributed by atoms with Crippen molar-refractivity contribution in [3.05, 3.63) is 59.8 Å². The maximum absolute atomic E-state index is 5.78. The lowest BCUT2D eigenvalue weighted by atomic mass is 10.1. The number of aromatic nitrogens is 1. The molecular weight excluding hydrogens is 264 g/mol. The Morgan fingerprint density at radius 1 is 1.05 bits per heavy atom. The van der Waals surface area contributed by atoms with Gasteiger partial charge in [0.15, 0.2) is 0 Å². The van der Waals surface area contributed by atoms with Gasteiger partial charge in [-0.3, -0.25) is 0 Å². The Balaban J connectivity index is 1.75. The number of ether oxygens (including phenoxy) is 2. The number of nitrogens with two attached hydrogens (primary N) is 1. The number of hydrogen-bond acceptors (Lipinski definition) is 3. The number of nitrogens with one attached hydrogen (secondary N) is 1. The van der Waals surface area contributed by atoms with Gasteiger partial charge in [-0.05, 0) is 35.9 Å². The molecule has 1 aromatic heterocycles. The highest BCUT2D eigenvalue weighted by Gasteiger charge is 2.03. The molecule has 0 bridgehead atoms. The molecule has 0 fully saturated rings. The molecule has 21 heavy (non-hydrogen) atoms. The molecule has 0 aliphatic rings. The van der Waals surface area contributed by atoms with Gasteiger partial charge in [-0.15, -0.1) is 0 Å². The van der Waals surface area contributed by atoms with Crippen LogP contribution in [0.2, 0.25) is 0 Å². The maximum Gasteiger partial charge on any atom is 0.128 e. The average Bonchev–Trinajstić information content (AvgIpc) is 2.95. The number of aromatic amines is 1. The van der Waals surface area contributed by atoms with Crippen LogP contribution in [0.4, 0.5) is 0 Å². The molecule has 0 amide bonds. The van der Waals surface area contributed by atoms with Crippen molar-refractivity contribution in [2.45, 2.75) is 13.2 Å². The van der Waals surface area contributed by atoms with Crippen LogP contribution in [0.15, 0.2) is 48.5 Å². The van der Waals surface area contributed by atoms with Gasteiger partial charge < -0.3 is 20.2 Å². The number of rotatable bonds is 5. The molecule has 4 nitrogen and oxygen atoms in total. The summed E-state index contributed by atoms with van der Waals surface area (Å²) in [6.45, 7) is 1.04. The average molecular weight is 282 g/mol. The summed E-state index contributed by atoms with van der Waals surface area (Å²) in [6.07, 6.45) is 0. The van der Waals surface area contributed by atoms with Crippen molar-refractivity contribution < 1.29 is 9.47 Å². The summed E-state index contributed by atoms with van der Waals surface area (Å²) in [5.41, 5.74) is 8.91. The Labute approximate surface area is 123 Å². The molecule has 0 saturated heterocycles. The van der Waals surface area contributed by atoms with Crippen LogP contribution in [0.25, 0.3) is 10.9 Å². The molecule has 0 saturated carbocycles. The van der Waals surface area contributed by atoms with E-state index in [1.807, 2.05) is 36.4 Å². The monoisotopic (exact) mass is 282 g/mol.